The minimum atomic E-state index is -2.83. The number of furan rings is 2. The van der Waals surface area contributed by atoms with Gasteiger partial charge < -0.3 is 0 Å². The Morgan fingerprint density at radius 2 is 0.917 bits per heavy atom. The van der Waals surface area contributed by atoms with E-state index in [0.717, 1.165) is 35.1 Å². The van der Waals surface area contributed by atoms with Crippen LogP contribution in [-0.2, 0) is 18.5 Å². The summed E-state index contributed by atoms with van der Waals surface area (Å²) in [6.45, 7) is 13.2. The van der Waals surface area contributed by atoms with Crippen molar-refractivity contribution >= 4 is 67.8 Å². The molecule has 0 saturated carbocycles. The molecule has 0 radical (unpaired) electrons. The Kier molecular flexibility index (Phi) is 10.4. The average molecular weight is 918 g/mol. The Hall–Kier alpha value is -4.44. The van der Waals surface area contributed by atoms with E-state index in [4.69, 9.17) is 25.9 Å². The van der Waals surface area contributed by atoms with Crippen molar-refractivity contribution in [2.24, 2.45) is 0 Å². The number of fused-ring (bicyclic) bond motifs is 4. The summed E-state index contributed by atoms with van der Waals surface area (Å²) in [5.41, 5.74) is 18.2. The minimum absolute atomic E-state index is 0.140. The van der Waals surface area contributed by atoms with E-state index < -0.39 is 24.4 Å². The number of benzene rings is 6. The quantitative estimate of drug-likeness (QED) is 0.135. The summed E-state index contributed by atoms with van der Waals surface area (Å²) in [7, 11) is 14.9. The van der Waals surface area contributed by atoms with Gasteiger partial charge >= 0.3 is 372 Å². The van der Waals surface area contributed by atoms with Crippen LogP contribution in [0.5, 0.6) is 0 Å². The number of rotatable bonds is 9. The molecule has 2 aromatic heterocycles. The predicted octanol–water partition coefficient (Wildman–Crippen LogP) is 16.0. The SMILES string of the molecule is Cc1ccc(C2=Cc3c(cc(C)c(C)c3-c3ccc4ccccc4c3)C2C[SiH](CC2C(c3ccc(C)o3)=Cc3c2cc(C)c(C)c3-c2ccc3ccccc3c2)[Zr]([Cl])[Cl])o1. The molecule has 2 aliphatic carbocycles. The van der Waals surface area contributed by atoms with Crippen molar-refractivity contribution in [2.75, 3.05) is 0 Å². The van der Waals surface area contributed by atoms with Crippen LogP contribution < -0.4 is 0 Å². The maximum atomic E-state index is 7.47. The third kappa shape index (κ3) is 6.98. The normalized spacial score (nSPS) is 16.3. The molecule has 60 heavy (non-hydrogen) atoms. The summed E-state index contributed by atoms with van der Waals surface area (Å²) in [6, 6.07) is 46.4. The van der Waals surface area contributed by atoms with Crippen LogP contribution in [0.25, 0.3) is 67.1 Å². The summed E-state index contributed by atoms with van der Waals surface area (Å²) in [5.74, 6) is 2.22. The van der Waals surface area contributed by atoms with Crippen LogP contribution in [0.3, 0.4) is 0 Å². The molecule has 2 unspecified atom stereocenters. The molecule has 6 aromatic carbocycles. The molecule has 297 valence electrons. The van der Waals surface area contributed by atoms with E-state index in [-0.39, 0.29) is 11.8 Å². The molecule has 2 aliphatic rings. The van der Waals surface area contributed by atoms with E-state index in [1.807, 2.05) is 13.8 Å². The number of aryl methyl sites for hydroxylation is 4. The van der Waals surface area contributed by atoms with Crippen LogP contribution in [-0.4, -0.2) is 5.92 Å². The summed E-state index contributed by atoms with van der Waals surface area (Å²) in [5, 5.41) is 5.00. The van der Waals surface area contributed by atoms with E-state index in [9.17, 15) is 0 Å². The van der Waals surface area contributed by atoms with Crippen LogP contribution in [0.2, 0.25) is 12.1 Å². The third-order valence-electron chi connectivity index (χ3n) is 13.4. The Balaban J connectivity index is 1.09. The molecule has 0 saturated heterocycles. The molecule has 2 nitrogen and oxygen atoms in total. The molecule has 6 heteroatoms. The Bertz CT molecular complexity index is 2870. The molecule has 0 bridgehead atoms. The first-order valence-electron chi connectivity index (χ1n) is 21.0. The van der Waals surface area contributed by atoms with Crippen molar-refractivity contribution < 1.29 is 27.4 Å². The van der Waals surface area contributed by atoms with Gasteiger partial charge in [-0.3, -0.25) is 0 Å². The van der Waals surface area contributed by atoms with Gasteiger partial charge in [0.15, 0.2) is 0 Å². The van der Waals surface area contributed by atoms with Gasteiger partial charge in [0.25, 0.3) is 0 Å². The van der Waals surface area contributed by atoms with Gasteiger partial charge in [0.05, 0.1) is 0 Å². The molecule has 2 heterocycles. The van der Waals surface area contributed by atoms with Gasteiger partial charge in [-0.15, -0.1) is 0 Å². The fourth-order valence-electron chi connectivity index (χ4n) is 10.1. The molecule has 0 spiro atoms. The fraction of sp³-hybridized carbons (Fsp3) is 0.185. The first-order chi connectivity index (χ1) is 29.0. The molecule has 10 rings (SSSR count). The van der Waals surface area contributed by atoms with Gasteiger partial charge in [-0.25, -0.2) is 0 Å². The van der Waals surface area contributed by atoms with E-state index >= 15 is 0 Å². The zero-order valence-corrected chi connectivity index (χ0v) is 40.0. The van der Waals surface area contributed by atoms with Gasteiger partial charge in [0.2, 0.25) is 0 Å². The molecule has 2 atom stereocenters. The standard InChI is InChI=1S/C54H47O2Si.2ClH.Zr/c1-31-23-43-47(53(35(31)5)41-19-17-37-11-7-9-13-39(37)25-41)27-45(51-21-15-33(3)55-51)49(43)29-57-30-50-44-24-32(2)36(6)54(42-20-18-38-12-8-10-14-40(38)26-42)48(44)28-46(50)52-22-16-34(4)56-52;;;/h7-28,49-50,57H,29-30H2,1-6H3;2*1H;/q;;;+2/p-2. The van der Waals surface area contributed by atoms with Crippen LogP contribution in [0.1, 0.15) is 79.4 Å². The van der Waals surface area contributed by atoms with Crippen LogP contribution in [0, 0.1) is 41.5 Å². The van der Waals surface area contributed by atoms with Crippen LogP contribution >= 0.6 is 17.0 Å². The van der Waals surface area contributed by atoms with Gasteiger partial charge in [0.1, 0.15) is 0 Å². The van der Waals surface area contributed by atoms with Crippen molar-refractivity contribution in [3.05, 3.63) is 189 Å². The monoisotopic (exact) mass is 915 g/mol. The van der Waals surface area contributed by atoms with Crippen molar-refractivity contribution in [2.45, 2.75) is 65.5 Å². The number of hydrogen-bond acceptors (Lipinski definition) is 2. The summed E-state index contributed by atoms with van der Waals surface area (Å²) in [4.78, 5) is 0. The Morgan fingerprint density at radius 1 is 0.500 bits per heavy atom. The van der Waals surface area contributed by atoms with Crippen molar-refractivity contribution in [1.29, 1.82) is 0 Å². The molecule has 0 amide bonds. The average Bonchev–Trinajstić information content (AvgIpc) is 4.04. The number of halogens is 2. The van der Waals surface area contributed by atoms with Gasteiger partial charge in [-0.05, 0) is 0 Å². The molecule has 0 N–H and O–H groups in total. The second-order valence-electron chi connectivity index (χ2n) is 17.1. The van der Waals surface area contributed by atoms with Gasteiger partial charge in [0, 0.05) is 0 Å². The second-order valence-corrected chi connectivity index (χ2v) is 40.6. The van der Waals surface area contributed by atoms with E-state index in [1.54, 1.807) is 0 Å². The topological polar surface area (TPSA) is 26.3 Å². The van der Waals surface area contributed by atoms with E-state index in [0.29, 0.717) is 0 Å². The summed E-state index contributed by atoms with van der Waals surface area (Å²) >= 11 is -2.83. The molecular formula is C54H47Cl2O2SiZr. The van der Waals surface area contributed by atoms with Crippen molar-refractivity contribution in [1.82, 2.24) is 0 Å². The maximum absolute atomic E-state index is 7.47. The van der Waals surface area contributed by atoms with Crippen molar-refractivity contribution in [3.63, 3.8) is 0 Å². The van der Waals surface area contributed by atoms with Crippen LogP contribution in [0.15, 0.2) is 130 Å². The summed E-state index contributed by atoms with van der Waals surface area (Å²) in [6.07, 6.45) is 4.85. The van der Waals surface area contributed by atoms with Crippen molar-refractivity contribution in [3.8, 4) is 22.3 Å². The van der Waals surface area contributed by atoms with E-state index in [1.165, 1.54) is 99.5 Å². The van der Waals surface area contributed by atoms with E-state index in [2.05, 4.69) is 161 Å². The molecular weight excluding hydrogens is 871 g/mol. The molecule has 0 fully saturated rings. The number of hydrogen-bond donors (Lipinski definition) is 0. The zero-order chi connectivity index (χ0) is 41.4. The molecule has 8 aromatic rings. The Morgan fingerprint density at radius 3 is 1.30 bits per heavy atom. The van der Waals surface area contributed by atoms with Crippen LogP contribution in [0.4, 0.5) is 0 Å². The summed E-state index contributed by atoms with van der Waals surface area (Å²) < 4.78 is 12.9. The second kappa shape index (κ2) is 15.8. The third-order valence-corrected chi connectivity index (χ3v) is 35.1. The molecule has 0 aliphatic heterocycles. The van der Waals surface area contributed by atoms with Gasteiger partial charge in [-0.2, -0.15) is 0 Å². The first-order valence-corrected chi connectivity index (χ1v) is 33.8. The first kappa shape index (κ1) is 39.7. The number of allylic oxidation sites excluding steroid dienone is 2. The Labute approximate surface area is 368 Å². The van der Waals surface area contributed by atoms with Gasteiger partial charge in [-0.1, -0.05) is 0 Å². The fourth-order valence-corrected chi connectivity index (χ4v) is 25.2. The predicted molar refractivity (Wildman–Crippen MR) is 254 cm³/mol. The zero-order valence-electron chi connectivity index (χ0n) is 34.9.